The van der Waals surface area contributed by atoms with Gasteiger partial charge in [-0.15, -0.1) is 0 Å². The number of ether oxygens (including phenoxy) is 1. The summed E-state index contributed by atoms with van der Waals surface area (Å²) in [5.74, 6) is 0.948. The first kappa shape index (κ1) is 15.6. The Balaban J connectivity index is 1.89. The van der Waals surface area contributed by atoms with Crippen molar-refractivity contribution in [1.29, 1.82) is 0 Å². The highest BCUT2D eigenvalue weighted by Gasteiger charge is 2.06. The van der Waals surface area contributed by atoms with Crippen LogP contribution in [0.25, 0.3) is 0 Å². The molecule has 0 aromatic heterocycles. The van der Waals surface area contributed by atoms with E-state index in [2.05, 4.69) is 74.6 Å². The van der Waals surface area contributed by atoms with Gasteiger partial charge >= 0.3 is 0 Å². The largest absolute Gasteiger partial charge is 0.491 e. The molecule has 0 bridgehead atoms. The summed E-state index contributed by atoms with van der Waals surface area (Å²) in [4.78, 5) is 0. The molecule has 2 aromatic carbocycles. The summed E-state index contributed by atoms with van der Waals surface area (Å²) in [6, 6.07) is 19.2. The molecule has 0 saturated carbocycles. The van der Waals surface area contributed by atoms with Gasteiger partial charge in [0.2, 0.25) is 0 Å². The molecule has 0 aliphatic carbocycles. The third-order valence-corrected chi connectivity index (χ3v) is 3.75. The lowest BCUT2D eigenvalue weighted by atomic mass is 10.1. The van der Waals surface area contributed by atoms with Crippen LogP contribution in [0.4, 0.5) is 0 Å². The van der Waals surface area contributed by atoms with Gasteiger partial charge in [0.05, 0.1) is 6.10 Å². The van der Waals surface area contributed by atoms with E-state index in [-0.39, 0.29) is 6.10 Å². The number of hydrogen-bond acceptors (Lipinski definition) is 2. The molecule has 2 rings (SSSR count). The van der Waals surface area contributed by atoms with E-state index in [1.54, 1.807) is 0 Å². The van der Waals surface area contributed by atoms with Crippen molar-refractivity contribution < 1.29 is 4.74 Å². The number of nitrogens with one attached hydrogen (secondary N) is 1. The summed E-state index contributed by atoms with van der Waals surface area (Å²) in [7, 11) is 0. The third kappa shape index (κ3) is 4.91. The number of hydrogen-bond donors (Lipinski definition) is 1. The van der Waals surface area contributed by atoms with E-state index in [1.807, 2.05) is 6.07 Å². The Morgan fingerprint density at radius 3 is 2.24 bits per heavy atom. The van der Waals surface area contributed by atoms with Gasteiger partial charge in [0.15, 0.2) is 0 Å². The minimum absolute atomic E-state index is 0.268. The van der Waals surface area contributed by atoms with Crippen LogP contribution in [0.1, 0.15) is 44.4 Å². The van der Waals surface area contributed by atoms with Gasteiger partial charge in [-0.05, 0) is 43.5 Å². The van der Waals surface area contributed by atoms with Crippen LogP contribution in [0.2, 0.25) is 0 Å². The molecule has 2 heteroatoms. The molecule has 0 aliphatic rings. The first-order valence-corrected chi connectivity index (χ1v) is 7.73. The molecule has 2 nitrogen and oxygen atoms in total. The minimum Gasteiger partial charge on any atom is -0.491 e. The lowest BCUT2D eigenvalue weighted by molar-refractivity contribution is 0.217. The lowest BCUT2D eigenvalue weighted by Crippen LogP contribution is -2.18. The van der Waals surface area contributed by atoms with E-state index in [1.165, 1.54) is 11.1 Å². The van der Waals surface area contributed by atoms with Crippen molar-refractivity contribution in [3.8, 4) is 5.75 Å². The second-order valence-electron chi connectivity index (χ2n) is 5.49. The maximum absolute atomic E-state index is 5.81. The van der Waals surface area contributed by atoms with Crippen LogP contribution in [0.3, 0.4) is 0 Å². The normalized spacial score (nSPS) is 13.7. The van der Waals surface area contributed by atoms with Gasteiger partial charge in [-0.3, -0.25) is 0 Å². The fraction of sp³-hybridized carbons (Fsp3) is 0.368. The molecule has 1 N–H and O–H groups in total. The van der Waals surface area contributed by atoms with Gasteiger partial charge in [0, 0.05) is 12.6 Å². The molecule has 0 saturated heterocycles. The summed E-state index contributed by atoms with van der Waals surface area (Å²) >= 11 is 0. The zero-order valence-corrected chi connectivity index (χ0v) is 13.2. The highest BCUT2D eigenvalue weighted by atomic mass is 16.5. The SMILES string of the molecule is CCC(C)Oc1ccc(C(C)NCc2ccccc2)cc1. The van der Waals surface area contributed by atoms with E-state index in [0.717, 1.165) is 18.7 Å². The second-order valence-corrected chi connectivity index (χ2v) is 5.49. The van der Waals surface area contributed by atoms with Crippen LogP contribution in [0.5, 0.6) is 5.75 Å². The summed E-state index contributed by atoms with van der Waals surface area (Å²) in [5.41, 5.74) is 2.59. The standard InChI is InChI=1S/C19H25NO/c1-4-15(2)21-19-12-10-18(11-13-19)16(3)20-14-17-8-6-5-7-9-17/h5-13,15-16,20H,4,14H2,1-3H3. The average Bonchev–Trinajstić information content (AvgIpc) is 2.54. The molecule has 0 heterocycles. The predicted octanol–water partition coefficient (Wildman–Crippen LogP) is 4.71. The maximum atomic E-state index is 5.81. The van der Waals surface area contributed by atoms with E-state index in [4.69, 9.17) is 4.74 Å². The highest BCUT2D eigenvalue weighted by Crippen LogP contribution is 2.19. The van der Waals surface area contributed by atoms with Crippen LogP contribution < -0.4 is 10.1 Å². The molecule has 2 atom stereocenters. The Bertz CT molecular complexity index is 521. The zero-order valence-electron chi connectivity index (χ0n) is 13.2. The van der Waals surface area contributed by atoms with Gasteiger partial charge in [0.25, 0.3) is 0 Å². The molecule has 0 aliphatic heterocycles. The fourth-order valence-corrected chi connectivity index (χ4v) is 2.14. The van der Waals surface area contributed by atoms with Crippen LogP contribution >= 0.6 is 0 Å². The first-order chi connectivity index (χ1) is 10.2. The number of benzene rings is 2. The third-order valence-electron chi connectivity index (χ3n) is 3.75. The summed E-state index contributed by atoms with van der Waals surface area (Å²) < 4.78 is 5.81. The molecular weight excluding hydrogens is 258 g/mol. The van der Waals surface area contributed by atoms with E-state index in [0.29, 0.717) is 6.04 Å². The molecule has 0 spiro atoms. The second kappa shape index (κ2) is 7.84. The molecule has 112 valence electrons. The van der Waals surface area contributed by atoms with E-state index >= 15 is 0 Å². The molecule has 0 fully saturated rings. The molecule has 21 heavy (non-hydrogen) atoms. The molecule has 2 aromatic rings. The van der Waals surface area contributed by atoms with Crippen LogP contribution in [0.15, 0.2) is 54.6 Å². The van der Waals surface area contributed by atoms with Gasteiger partial charge in [-0.2, -0.15) is 0 Å². The highest BCUT2D eigenvalue weighted by molar-refractivity contribution is 5.29. The smallest absolute Gasteiger partial charge is 0.119 e. The number of rotatable bonds is 7. The topological polar surface area (TPSA) is 21.3 Å². The van der Waals surface area contributed by atoms with E-state index in [9.17, 15) is 0 Å². The van der Waals surface area contributed by atoms with Crippen LogP contribution in [-0.2, 0) is 6.54 Å². The van der Waals surface area contributed by atoms with Crippen LogP contribution in [-0.4, -0.2) is 6.10 Å². The fourth-order valence-electron chi connectivity index (χ4n) is 2.14. The summed E-state index contributed by atoms with van der Waals surface area (Å²) in [6.07, 6.45) is 1.29. The minimum atomic E-state index is 0.268. The van der Waals surface area contributed by atoms with E-state index < -0.39 is 0 Å². The maximum Gasteiger partial charge on any atom is 0.119 e. The van der Waals surface area contributed by atoms with Gasteiger partial charge < -0.3 is 10.1 Å². The molecular formula is C19H25NO. The average molecular weight is 283 g/mol. The Kier molecular flexibility index (Phi) is 5.82. The van der Waals surface area contributed by atoms with Crippen molar-refractivity contribution in [2.75, 3.05) is 0 Å². The van der Waals surface area contributed by atoms with Gasteiger partial charge in [-0.1, -0.05) is 49.4 Å². The molecule has 2 unspecified atom stereocenters. The first-order valence-electron chi connectivity index (χ1n) is 7.73. The van der Waals surface area contributed by atoms with Crippen LogP contribution in [0, 0.1) is 0 Å². The van der Waals surface area contributed by atoms with Crippen molar-refractivity contribution >= 4 is 0 Å². The Labute approximate surface area is 128 Å². The Hall–Kier alpha value is -1.80. The van der Waals surface area contributed by atoms with Crippen molar-refractivity contribution in [2.45, 2.75) is 45.9 Å². The van der Waals surface area contributed by atoms with Crippen molar-refractivity contribution in [3.05, 3.63) is 65.7 Å². The monoisotopic (exact) mass is 283 g/mol. The molecule has 0 radical (unpaired) electrons. The van der Waals surface area contributed by atoms with Gasteiger partial charge in [-0.25, -0.2) is 0 Å². The van der Waals surface area contributed by atoms with Crippen molar-refractivity contribution in [2.24, 2.45) is 0 Å². The lowest BCUT2D eigenvalue weighted by Gasteiger charge is -2.16. The Morgan fingerprint density at radius 1 is 0.952 bits per heavy atom. The summed E-state index contributed by atoms with van der Waals surface area (Å²) in [5, 5.41) is 3.55. The Morgan fingerprint density at radius 2 is 1.62 bits per heavy atom. The predicted molar refractivity (Wildman–Crippen MR) is 88.5 cm³/mol. The van der Waals surface area contributed by atoms with Gasteiger partial charge in [0.1, 0.15) is 5.75 Å². The quantitative estimate of drug-likeness (QED) is 0.794. The zero-order chi connectivity index (χ0) is 15.1. The summed E-state index contributed by atoms with van der Waals surface area (Å²) in [6.45, 7) is 7.30. The van der Waals surface area contributed by atoms with Crippen molar-refractivity contribution in [3.63, 3.8) is 0 Å². The molecule has 0 amide bonds. The van der Waals surface area contributed by atoms with Crippen molar-refractivity contribution in [1.82, 2.24) is 5.32 Å².